The molecule has 6 heteroatoms. The summed E-state index contributed by atoms with van der Waals surface area (Å²) < 4.78 is 0.988. The number of aliphatic carboxylic acids is 1. The van der Waals surface area contributed by atoms with Crippen LogP contribution < -0.4 is 5.32 Å². The van der Waals surface area contributed by atoms with Gasteiger partial charge in [0.25, 0.3) is 0 Å². The van der Waals surface area contributed by atoms with E-state index >= 15 is 0 Å². The average Bonchev–Trinajstić information content (AvgIpc) is 2.81. The SMILES string of the molecule is CC(NC(=O)N1CC(C)C(C(=O)O)C1)c1ccc(Br)cc1. The molecule has 2 rings (SSSR count). The number of nitrogens with zero attached hydrogens (tertiary/aromatic N) is 1. The van der Waals surface area contributed by atoms with E-state index in [1.165, 1.54) is 0 Å². The lowest BCUT2D eigenvalue weighted by Crippen LogP contribution is -2.40. The third kappa shape index (κ3) is 3.75. The third-order valence-electron chi connectivity index (χ3n) is 3.93. The molecule has 2 N–H and O–H groups in total. The molecule has 5 nitrogen and oxygen atoms in total. The summed E-state index contributed by atoms with van der Waals surface area (Å²) in [5.74, 6) is -1.33. The molecule has 2 amide bonds. The predicted octanol–water partition coefficient (Wildman–Crippen LogP) is 2.87. The van der Waals surface area contributed by atoms with Crippen LogP contribution in [0.1, 0.15) is 25.5 Å². The number of urea groups is 1. The molecule has 1 aromatic rings. The lowest BCUT2D eigenvalue weighted by Gasteiger charge is -2.21. The Bertz CT molecular complexity index is 532. The number of benzene rings is 1. The summed E-state index contributed by atoms with van der Waals surface area (Å²) in [5, 5.41) is 12.0. The highest BCUT2D eigenvalue weighted by molar-refractivity contribution is 9.10. The summed E-state index contributed by atoms with van der Waals surface area (Å²) in [6, 6.07) is 7.42. The summed E-state index contributed by atoms with van der Waals surface area (Å²) in [7, 11) is 0. The Balaban J connectivity index is 1.95. The van der Waals surface area contributed by atoms with Gasteiger partial charge in [0.05, 0.1) is 12.0 Å². The highest BCUT2D eigenvalue weighted by Gasteiger charge is 2.37. The molecule has 3 atom stereocenters. The van der Waals surface area contributed by atoms with Crippen molar-refractivity contribution in [3.8, 4) is 0 Å². The number of hydrogen-bond donors (Lipinski definition) is 2. The fraction of sp³-hybridized carbons (Fsp3) is 0.467. The van der Waals surface area contributed by atoms with Crippen LogP contribution in [0.5, 0.6) is 0 Å². The molecular formula is C15H19BrN2O3. The summed E-state index contributed by atoms with van der Waals surface area (Å²) in [4.78, 5) is 24.9. The monoisotopic (exact) mass is 354 g/mol. The van der Waals surface area contributed by atoms with Gasteiger partial charge >= 0.3 is 12.0 Å². The molecule has 21 heavy (non-hydrogen) atoms. The molecule has 0 bridgehead atoms. The van der Waals surface area contributed by atoms with Crippen LogP contribution >= 0.6 is 15.9 Å². The zero-order valence-electron chi connectivity index (χ0n) is 12.0. The van der Waals surface area contributed by atoms with Gasteiger partial charge in [-0.15, -0.1) is 0 Å². The molecule has 0 saturated carbocycles. The Morgan fingerprint density at radius 3 is 2.48 bits per heavy atom. The van der Waals surface area contributed by atoms with E-state index in [2.05, 4.69) is 21.2 Å². The van der Waals surface area contributed by atoms with Crippen molar-refractivity contribution in [2.75, 3.05) is 13.1 Å². The summed E-state index contributed by atoms with van der Waals surface area (Å²) in [6.45, 7) is 4.53. The molecule has 114 valence electrons. The van der Waals surface area contributed by atoms with Crippen LogP contribution in [-0.4, -0.2) is 35.1 Å². The van der Waals surface area contributed by atoms with Gasteiger partial charge in [0.1, 0.15) is 0 Å². The van der Waals surface area contributed by atoms with Crippen molar-refractivity contribution in [2.24, 2.45) is 11.8 Å². The normalized spacial score (nSPS) is 22.9. The van der Waals surface area contributed by atoms with Crippen molar-refractivity contribution in [2.45, 2.75) is 19.9 Å². The summed E-state index contributed by atoms with van der Waals surface area (Å²) in [5.41, 5.74) is 1.01. The minimum Gasteiger partial charge on any atom is -0.481 e. The molecule has 1 aliphatic heterocycles. The Kier molecular flexibility index (Phi) is 4.88. The van der Waals surface area contributed by atoms with Crippen LogP contribution in [0.4, 0.5) is 4.79 Å². The molecule has 1 aromatic carbocycles. The molecular weight excluding hydrogens is 336 g/mol. The molecule has 1 fully saturated rings. The predicted molar refractivity (Wildman–Crippen MR) is 83.0 cm³/mol. The van der Waals surface area contributed by atoms with E-state index < -0.39 is 11.9 Å². The van der Waals surface area contributed by atoms with Gasteiger partial charge in [-0.2, -0.15) is 0 Å². The Morgan fingerprint density at radius 2 is 1.95 bits per heavy atom. The number of likely N-dealkylation sites (tertiary alicyclic amines) is 1. The maximum absolute atomic E-state index is 12.2. The number of nitrogens with one attached hydrogen (secondary N) is 1. The molecule has 1 aliphatic rings. The van der Waals surface area contributed by atoms with Crippen LogP contribution in [0.25, 0.3) is 0 Å². The first kappa shape index (κ1) is 15.8. The van der Waals surface area contributed by atoms with Crippen molar-refractivity contribution >= 4 is 27.9 Å². The van der Waals surface area contributed by atoms with Gasteiger partial charge < -0.3 is 15.3 Å². The summed E-state index contributed by atoms with van der Waals surface area (Å²) in [6.07, 6.45) is 0. The molecule has 1 saturated heterocycles. The van der Waals surface area contributed by atoms with Crippen LogP contribution in [0.3, 0.4) is 0 Å². The first-order chi connectivity index (χ1) is 9.88. The highest BCUT2D eigenvalue weighted by Crippen LogP contribution is 2.24. The maximum Gasteiger partial charge on any atom is 0.317 e. The van der Waals surface area contributed by atoms with Crippen molar-refractivity contribution in [3.63, 3.8) is 0 Å². The zero-order chi connectivity index (χ0) is 15.6. The smallest absolute Gasteiger partial charge is 0.317 e. The second-order valence-electron chi connectivity index (χ2n) is 5.55. The van der Waals surface area contributed by atoms with Gasteiger partial charge in [-0.05, 0) is 30.5 Å². The molecule has 0 aromatic heterocycles. The standard InChI is InChI=1S/C15H19BrN2O3/c1-9-7-18(8-13(9)14(19)20)15(21)17-10(2)11-3-5-12(16)6-4-11/h3-6,9-10,13H,7-8H2,1-2H3,(H,17,21)(H,19,20). The van der Waals surface area contributed by atoms with Gasteiger partial charge in [0, 0.05) is 17.6 Å². The van der Waals surface area contributed by atoms with Crippen LogP contribution in [-0.2, 0) is 4.79 Å². The number of carbonyl (C=O) groups excluding carboxylic acids is 1. The van der Waals surface area contributed by atoms with Gasteiger partial charge in [0.2, 0.25) is 0 Å². The average molecular weight is 355 g/mol. The highest BCUT2D eigenvalue weighted by atomic mass is 79.9. The van der Waals surface area contributed by atoms with Crippen LogP contribution in [0.2, 0.25) is 0 Å². The molecule has 0 radical (unpaired) electrons. The molecule has 0 aliphatic carbocycles. The minimum atomic E-state index is -0.834. The fourth-order valence-electron chi connectivity index (χ4n) is 2.57. The molecule has 1 heterocycles. The zero-order valence-corrected chi connectivity index (χ0v) is 13.6. The third-order valence-corrected chi connectivity index (χ3v) is 4.46. The minimum absolute atomic E-state index is 0.0174. The largest absolute Gasteiger partial charge is 0.481 e. The Hall–Kier alpha value is -1.56. The van der Waals surface area contributed by atoms with Crippen molar-refractivity contribution in [1.82, 2.24) is 10.2 Å². The number of amides is 2. The van der Waals surface area contributed by atoms with Crippen molar-refractivity contribution in [1.29, 1.82) is 0 Å². The van der Waals surface area contributed by atoms with E-state index in [1.807, 2.05) is 38.1 Å². The van der Waals surface area contributed by atoms with E-state index in [-0.39, 0.29) is 24.5 Å². The number of carboxylic acid groups (broad SMARTS) is 1. The second kappa shape index (κ2) is 6.47. The lowest BCUT2D eigenvalue weighted by atomic mass is 9.99. The van der Waals surface area contributed by atoms with Gasteiger partial charge in [-0.25, -0.2) is 4.79 Å². The van der Waals surface area contributed by atoms with Gasteiger partial charge in [-0.1, -0.05) is 35.0 Å². The van der Waals surface area contributed by atoms with Gasteiger partial charge in [-0.3, -0.25) is 4.79 Å². The van der Waals surface area contributed by atoms with Crippen LogP contribution in [0, 0.1) is 11.8 Å². The number of halogens is 1. The quantitative estimate of drug-likeness (QED) is 0.876. The van der Waals surface area contributed by atoms with E-state index in [9.17, 15) is 9.59 Å². The van der Waals surface area contributed by atoms with Gasteiger partial charge in [0.15, 0.2) is 0 Å². The van der Waals surface area contributed by atoms with E-state index in [0.717, 1.165) is 10.0 Å². The van der Waals surface area contributed by atoms with E-state index in [4.69, 9.17) is 5.11 Å². The van der Waals surface area contributed by atoms with Crippen molar-refractivity contribution in [3.05, 3.63) is 34.3 Å². The van der Waals surface area contributed by atoms with E-state index in [1.54, 1.807) is 4.90 Å². The summed E-state index contributed by atoms with van der Waals surface area (Å²) >= 11 is 3.37. The first-order valence-corrected chi connectivity index (χ1v) is 7.71. The number of rotatable bonds is 3. The number of carbonyl (C=O) groups is 2. The first-order valence-electron chi connectivity index (χ1n) is 6.92. The fourth-order valence-corrected chi connectivity index (χ4v) is 2.83. The molecule has 0 spiro atoms. The molecule has 3 unspecified atom stereocenters. The Morgan fingerprint density at radius 1 is 1.33 bits per heavy atom. The number of hydrogen-bond acceptors (Lipinski definition) is 2. The van der Waals surface area contributed by atoms with E-state index in [0.29, 0.717) is 6.54 Å². The topological polar surface area (TPSA) is 69.6 Å². The lowest BCUT2D eigenvalue weighted by molar-refractivity contribution is -0.142. The number of carboxylic acids is 1. The second-order valence-corrected chi connectivity index (χ2v) is 6.47. The van der Waals surface area contributed by atoms with Crippen molar-refractivity contribution < 1.29 is 14.7 Å². The maximum atomic E-state index is 12.2. The Labute approximate surface area is 132 Å². The van der Waals surface area contributed by atoms with Crippen LogP contribution in [0.15, 0.2) is 28.7 Å².